The van der Waals surface area contributed by atoms with Crippen LogP contribution in [0.2, 0.25) is 0 Å². The van der Waals surface area contributed by atoms with Crippen LogP contribution in [0.5, 0.6) is 0 Å². The van der Waals surface area contributed by atoms with Crippen LogP contribution in [0.1, 0.15) is 37.7 Å². The van der Waals surface area contributed by atoms with Gasteiger partial charge in [-0.25, -0.2) is 0 Å². The molecule has 1 aliphatic heterocycles. The molecular weight excluding hydrogens is 284 g/mol. The molecule has 0 fully saturated rings. The Morgan fingerprint density at radius 2 is 2.24 bits per heavy atom. The van der Waals surface area contributed by atoms with Crippen LogP contribution in [-0.4, -0.2) is 11.5 Å². The summed E-state index contributed by atoms with van der Waals surface area (Å²) in [5, 5.41) is 19.6. The second-order valence-electron chi connectivity index (χ2n) is 6.31. The third kappa shape index (κ3) is 2.30. The zero-order chi connectivity index (χ0) is 15.2. The molecule has 0 spiro atoms. The molecule has 1 aliphatic carbocycles. The Morgan fingerprint density at radius 3 is 2.86 bits per heavy atom. The van der Waals surface area contributed by atoms with E-state index in [0.29, 0.717) is 24.2 Å². The van der Waals surface area contributed by atoms with E-state index in [2.05, 4.69) is 6.07 Å². The van der Waals surface area contributed by atoms with Gasteiger partial charge in [0, 0.05) is 17.7 Å². The molecule has 2 atom stereocenters. The van der Waals surface area contributed by atoms with Crippen molar-refractivity contribution in [3.8, 4) is 6.07 Å². The Kier molecular flexibility index (Phi) is 3.22. The largest absolute Gasteiger partial charge is 0.487 e. The fourth-order valence-corrected chi connectivity index (χ4v) is 3.79. The van der Waals surface area contributed by atoms with Gasteiger partial charge in [0.25, 0.3) is 0 Å². The second kappa shape index (κ2) is 4.81. The summed E-state index contributed by atoms with van der Waals surface area (Å²) in [5.74, 6) is -0.199. The maximum absolute atomic E-state index is 12.3. The number of carbonyl (C=O) groups excluding carboxylic acids is 1. The number of thiophene rings is 1. The Labute approximate surface area is 127 Å². The van der Waals surface area contributed by atoms with Crippen LogP contribution in [0.25, 0.3) is 0 Å². The summed E-state index contributed by atoms with van der Waals surface area (Å²) in [5.41, 5.74) is 0.307. The zero-order valence-electron chi connectivity index (χ0n) is 12.0. The summed E-state index contributed by atoms with van der Waals surface area (Å²) in [6, 6.07) is 5.95. The molecule has 1 aromatic heterocycles. The van der Waals surface area contributed by atoms with Crippen molar-refractivity contribution < 1.29 is 9.53 Å². The highest BCUT2D eigenvalue weighted by atomic mass is 32.1. The van der Waals surface area contributed by atoms with E-state index in [1.54, 1.807) is 0 Å². The highest BCUT2D eigenvalue weighted by Crippen LogP contribution is 2.46. The fraction of sp³-hybridized carbons (Fsp3) is 0.438. The smallest absolute Gasteiger partial charge is 0.168 e. The predicted octanol–water partition coefficient (Wildman–Crippen LogP) is 3.62. The highest BCUT2D eigenvalue weighted by Gasteiger charge is 2.45. The quantitative estimate of drug-likeness (QED) is 0.860. The molecule has 0 saturated heterocycles. The second-order valence-corrected chi connectivity index (χ2v) is 7.29. The molecule has 3 rings (SSSR count). The lowest BCUT2D eigenvalue weighted by Crippen LogP contribution is -2.38. The number of nitriles is 1. The van der Waals surface area contributed by atoms with Gasteiger partial charge in [-0.3, -0.25) is 4.79 Å². The van der Waals surface area contributed by atoms with Gasteiger partial charge in [0.2, 0.25) is 0 Å². The van der Waals surface area contributed by atoms with Crippen LogP contribution in [0, 0.1) is 28.1 Å². The van der Waals surface area contributed by atoms with Gasteiger partial charge in [-0.2, -0.15) is 5.26 Å². The Morgan fingerprint density at radius 1 is 1.48 bits per heavy atom. The van der Waals surface area contributed by atoms with E-state index in [4.69, 9.17) is 10.1 Å². The topological polar surface area (TPSA) is 73.9 Å². The Hall–Kier alpha value is -1.93. The average Bonchev–Trinajstić information content (AvgIpc) is 2.89. The van der Waals surface area contributed by atoms with Crippen LogP contribution in [0.15, 0.2) is 28.8 Å². The lowest BCUT2D eigenvalue weighted by Gasteiger charge is -2.38. The number of hydrogen-bond acceptors (Lipinski definition) is 5. The molecule has 2 aliphatic rings. The number of allylic oxidation sites excluding steroid dienone is 2. The first kappa shape index (κ1) is 14.0. The number of hydrogen-bond donors (Lipinski definition) is 1. The normalized spacial score (nSPS) is 27.9. The summed E-state index contributed by atoms with van der Waals surface area (Å²) in [7, 11) is 0. The van der Waals surface area contributed by atoms with Crippen LogP contribution in [0.3, 0.4) is 0 Å². The summed E-state index contributed by atoms with van der Waals surface area (Å²) < 4.78 is 6.02. The molecule has 2 heterocycles. The molecule has 21 heavy (non-hydrogen) atoms. The first-order valence-corrected chi connectivity index (χ1v) is 7.76. The van der Waals surface area contributed by atoms with Crippen LogP contribution < -0.4 is 0 Å². The van der Waals surface area contributed by atoms with Crippen molar-refractivity contribution in [3.63, 3.8) is 0 Å². The SMILES string of the molecule is CC1(C)CC(=O)C2=C(C1)O[C@H](c1cccs1)C(C#N)C2=N. The molecule has 0 aromatic carbocycles. The summed E-state index contributed by atoms with van der Waals surface area (Å²) in [6.07, 6.45) is 0.568. The molecule has 1 N–H and O–H groups in total. The van der Waals surface area contributed by atoms with Crippen LogP contribution >= 0.6 is 11.3 Å². The maximum atomic E-state index is 12.3. The summed E-state index contributed by atoms with van der Waals surface area (Å²) in [4.78, 5) is 13.2. The van der Waals surface area contributed by atoms with E-state index in [-0.39, 0.29) is 16.9 Å². The lowest BCUT2D eigenvalue weighted by atomic mass is 9.72. The number of Topliss-reactive ketones (excluding diaryl/α,β-unsaturated/α-hetero) is 1. The van der Waals surface area contributed by atoms with Gasteiger partial charge in [-0.05, 0) is 16.9 Å². The van der Waals surface area contributed by atoms with Gasteiger partial charge < -0.3 is 10.1 Å². The molecule has 0 radical (unpaired) electrons. The van der Waals surface area contributed by atoms with Crippen molar-refractivity contribution in [1.82, 2.24) is 0 Å². The molecule has 1 aromatic rings. The van der Waals surface area contributed by atoms with E-state index in [0.717, 1.165) is 4.88 Å². The van der Waals surface area contributed by atoms with Crippen molar-refractivity contribution in [1.29, 1.82) is 10.7 Å². The summed E-state index contributed by atoms with van der Waals surface area (Å²) in [6.45, 7) is 4.05. The van der Waals surface area contributed by atoms with E-state index >= 15 is 0 Å². The van der Waals surface area contributed by atoms with Crippen LogP contribution in [-0.2, 0) is 9.53 Å². The first-order chi connectivity index (χ1) is 9.93. The summed E-state index contributed by atoms with van der Waals surface area (Å²) >= 11 is 1.51. The zero-order valence-corrected chi connectivity index (χ0v) is 12.8. The highest BCUT2D eigenvalue weighted by molar-refractivity contribution is 7.10. The van der Waals surface area contributed by atoms with Crippen LogP contribution in [0.4, 0.5) is 0 Å². The monoisotopic (exact) mass is 300 g/mol. The number of nitrogens with zero attached hydrogens (tertiary/aromatic N) is 1. The van der Waals surface area contributed by atoms with Gasteiger partial charge in [0.1, 0.15) is 11.7 Å². The third-order valence-electron chi connectivity index (χ3n) is 3.95. The molecule has 0 amide bonds. The maximum Gasteiger partial charge on any atom is 0.168 e. The molecular formula is C16H16N2O2S. The van der Waals surface area contributed by atoms with E-state index in [1.807, 2.05) is 31.4 Å². The van der Waals surface area contributed by atoms with Gasteiger partial charge in [0.05, 0.1) is 17.4 Å². The Bertz CT molecular complexity index is 680. The third-order valence-corrected chi connectivity index (χ3v) is 4.88. The van der Waals surface area contributed by atoms with Crippen molar-refractivity contribution >= 4 is 22.8 Å². The molecule has 0 bridgehead atoms. The molecule has 5 heteroatoms. The lowest BCUT2D eigenvalue weighted by molar-refractivity contribution is -0.118. The standard InChI is InChI=1S/C16H16N2O2S/c1-16(2)6-10(19)13-11(7-16)20-15(9(8-17)14(13)18)12-4-3-5-21-12/h3-5,9,15,18H,6-7H2,1-2H3/t9?,15-/m0/s1. The minimum Gasteiger partial charge on any atom is -0.487 e. The fourth-order valence-electron chi connectivity index (χ4n) is 3.00. The Balaban J connectivity index is 2.06. The van der Waals surface area contributed by atoms with E-state index in [1.165, 1.54) is 11.3 Å². The number of ketones is 1. The molecule has 1 unspecified atom stereocenters. The van der Waals surface area contributed by atoms with Crippen molar-refractivity contribution in [3.05, 3.63) is 33.7 Å². The molecule has 108 valence electrons. The predicted molar refractivity (Wildman–Crippen MR) is 80.0 cm³/mol. The molecule has 0 saturated carbocycles. The number of rotatable bonds is 1. The number of carbonyl (C=O) groups is 1. The van der Waals surface area contributed by atoms with E-state index < -0.39 is 12.0 Å². The van der Waals surface area contributed by atoms with Gasteiger partial charge in [0.15, 0.2) is 11.9 Å². The van der Waals surface area contributed by atoms with E-state index in [9.17, 15) is 10.1 Å². The van der Waals surface area contributed by atoms with Crippen molar-refractivity contribution in [2.75, 3.05) is 0 Å². The van der Waals surface area contributed by atoms with Gasteiger partial charge in [-0.15, -0.1) is 11.3 Å². The van der Waals surface area contributed by atoms with Crippen molar-refractivity contribution in [2.24, 2.45) is 11.3 Å². The first-order valence-electron chi connectivity index (χ1n) is 6.88. The van der Waals surface area contributed by atoms with Gasteiger partial charge >= 0.3 is 0 Å². The van der Waals surface area contributed by atoms with Gasteiger partial charge in [-0.1, -0.05) is 19.9 Å². The minimum absolute atomic E-state index is 0.0730. The minimum atomic E-state index is -0.715. The number of ether oxygens (including phenoxy) is 1. The number of nitrogens with one attached hydrogen (secondary N) is 1. The average molecular weight is 300 g/mol. The molecule has 4 nitrogen and oxygen atoms in total. The van der Waals surface area contributed by atoms with Crippen molar-refractivity contribution in [2.45, 2.75) is 32.8 Å².